The predicted molar refractivity (Wildman–Crippen MR) is 129 cm³/mol. The van der Waals surface area contributed by atoms with E-state index in [1.807, 2.05) is 36.4 Å². The van der Waals surface area contributed by atoms with Crippen molar-refractivity contribution in [1.82, 2.24) is 9.97 Å². The molecule has 2 aromatic carbocycles. The average Bonchev–Trinajstić information content (AvgIpc) is 2.88. The Kier molecular flexibility index (Phi) is 6.61. The first-order chi connectivity index (χ1) is 16.5. The molecule has 0 unspecified atom stereocenters. The summed E-state index contributed by atoms with van der Waals surface area (Å²) in [4.78, 5) is 33.1. The van der Waals surface area contributed by atoms with Crippen molar-refractivity contribution in [2.45, 2.75) is 0 Å². The Balaban J connectivity index is 1.60. The van der Waals surface area contributed by atoms with Gasteiger partial charge in [0.15, 0.2) is 0 Å². The highest BCUT2D eigenvalue weighted by atomic mass is 16.5. The van der Waals surface area contributed by atoms with E-state index in [0.717, 1.165) is 16.7 Å². The van der Waals surface area contributed by atoms with Gasteiger partial charge in [-0.2, -0.15) is 0 Å². The summed E-state index contributed by atoms with van der Waals surface area (Å²) in [6, 6.07) is 20.8. The first-order valence-corrected chi connectivity index (χ1v) is 10.3. The number of ether oxygens (including phenoxy) is 1. The van der Waals surface area contributed by atoms with Gasteiger partial charge in [0, 0.05) is 40.2 Å². The first kappa shape index (κ1) is 22.2. The summed E-state index contributed by atoms with van der Waals surface area (Å²) >= 11 is 0. The van der Waals surface area contributed by atoms with Gasteiger partial charge >= 0.3 is 0 Å². The number of pyridine rings is 2. The molecule has 2 heterocycles. The van der Waals surface area contributed by atoms with Crippen LogP contribution in [0.3, 0.4) is 0 Å². The van der Waals surface area contributed by atoms with Gasteiger partial charge in [-0.05, 0) is 54.6 Å². The van der Waals surface area contributed by atoms with E-state index in [0.29, 0.717) is 17.0 Å². The number of nitrogens with two attached hydrogens (primary N) is 1. The fourth-order valence-electron chi connectivity index (χ4n) is 3.14. The second-order valence-electron chi connectivity index (χ2n) is 7.25. The molecule has 0 atom stereocenters. The molecular weight excluding hydrogens is 428 g/mol. The van der Waals surface area contributed by atoms with Gasteiger partial charge in [0.1, 0.15) is 11.6 Å². The van der Waals surface area contributed by atoms with Crippen LogP contribution in [0.5, 0.6) is 5.75 Å². The minimum Gasteiger partial charge on any atom is -0.497 e. The lowest BCUT2D eigenvalue weighted by Gasteiger charge is -2.10. The second kappa shape index (κ2) is 10.1. The monoisotopic (exact) mass is 448 g/mol. The number of methoxy groups -OCH3 is 1. The topological polar surface area (TPSA) is 107 Å². The van der Waals surface area contributed by atoms with E-state index in [9.17, 15) is 9.59 Å². The number of primary amides is 1. The Hall–Kier alpha value is -4.96. The van der Waals surface area contributed by atoms with Crippen molar-refractivity contribution in [3.8, 4) is 28.8 Å². The molecule has 0 saturated heterocycles. The van der Waals surface area contributed by atoms with Gasteiger partial charge in [-0.1, -0.05) is 30.0 Å². The van der Waals surface area contributed by atoms with Crippen LogP contribution >= 0.6 is 0 Å². The van der Waals surface area contributed by atoms with E-state index in [1.165, 1.54) is 13.2 Å². The van der Waals surface area contributed by atoms with Crippen molar-refractivity contribution in [1.29, 1.82) is 0 Å². The zero-order valence-electron chi connectivity index (χ0n) is 18.3. The normalized spacial score (nSPS) is 10.0. The zero-order chi connectivity index (χ0) is 23.9. The number of hydrogen-bond donors (Lipinski definition) is 2. The molecule has 3 N–H and O–H groups in total. The molecule has 0 radical (unpaired) electrons. The van der Waals surface area contributed by atoms with Crippen LogP contribution in [0.4, 0.5) is 5.82 Å². The van der Waals surface area contributed by atoms with Gasteiger partial charge in [-0.3, -0.25) is 14.6 Å². The molecule has 4 rings (SSSR count). The number of hydrogen-bond acceptors (Lipinski definition) is 5. The fraction of sp³-hybridized carbons (Fsp3) is 0.0370. The Morgan fingerprint density at radius 3 is 2.41 bits per heavy atom. The molecule has 0 spiro atoms. The van der Waals surface area contributed by atoms with Gasteiger partial charge in [0.25, 0.3) is 5.91 Å². The molecular formula is C27H20N4O3. The van der Waals surface area contributed by atoms with E-state index in [4.69, 9.17) is 10.5 Å². The number of nitrogens with zero attached hydrogens (tertiary/aromatic N) is 2. The quantitative estimate of drug-likeness (QED) is 0.450. The van der Waals surface area contributed by atoms with E-state index < -0.39 is 5.91 Å². The van der Waals surface area contributed by atoms with Crippen LogP contribution in [-0.2, 0) is 0 Å². The highest BCUT2D eigenvalue weighted by Crippen LogP contribution is 2.23. The van der Waals surface area contributed by atoms with Crippen LogP contribution in [-0.4, -0.2) is 28.9 Å². The van der Waals surface area contributed by atoms with Crippen LogP contribution in [0.1, 0.15) is 31.8 Å². The largest absolute Gasteiger partial charge is 0.497 e. The summed E-state index contributed by atoms with van der Waals surface area (Å²) in [6.07, 6.45) is 3.39. The smallest absolute Gasteiger partial charge is 0.256 e. The summed E-state index contributed by atoms with van der Waals surface area (Å²) in [5, 5.41) is 2.72. The third kappa shape index (κ3) is 5.44. The Morgan fingerprint density at radius 1 is 0.912 bits per heavy atom. The zero-order valence-corrected chi connectivity index (χ0v) is 18.3. The molecule has 0 saturated carbocycles. The maximum atomic E-state index is 12.7. The first-order valence-electron chi connectivity index (χ1n) is 10.3. The third-order valence-electron chi connectivity index (χ3n) is 4.88. The van der Waals surface area contributed by atoms with Crippen LogP contribution < -0.4 is 15.8 Å². The summed E-state index contributed by atoms with van der Waals surface area (Å²) < 4.78 is 5.17. The van der Waals surface area contributed by atoms with E-state index >= 15 is 0 Å². The molecule has 166 valence electrons. The lowest BCUT2D eigenvalue weighted by Crippen LogP contribution is -2.16. The molecule has 2 aromatic heterocycles. The van der Waals surface area contributed by atoms with E-state index in [-0.39, 0.29) is 17.3 Å². The number of carbonyl (C=O) groups is 2. The molecule has 7 nitrogen and oxygen atoms in total. The number of benzene rings is 2. The predicted octanol–water partition coefficient (Wildman–Crippen LogP) is 3.90. The molecule has 34 heavy (non-hydrogen) atoms. The standard InChI is InChI=1S/C27H20N4O3/c1-34-23-6-2-5-21(14-23)27(33)31-25-16-22(26(28)32)15-24(30-25)20-11-9-18(10-12-20)7-8-19-4-3-13-29-17-19/h2-6,9-17H,1H3,(H2,28,32)(H,30,31,33). The Bertz CT molecular complexity index is 1410. The van der Waals surface area contributed by atoms with Crippen LogP contribution in [0, 0.1) is 11.8 Å². The van der Waals surface area contributed by atoms with Gasteiger partial charge in [0.05, 0.1) is 12.8 Å². The highest BCUT2D eigenvalue weighted by Gasteiger charge is 2.13. The summed E-state index contributed by atoms with van der Waals surface area (Å²) in [6.45, 7) is 0. The molecule has 4 aromatic rings. The van der Waals surface area contributed by atoms with Gasteiger partial charge in [-0.25, -0.2) is 4.98 Å². The molecule has 2 amide bonds. The number of amides is 2. The molecule has 0 aliphatic rings. The van der Waals surface area contributed by atoms with Gasteiger partial charge in [-0.15, -0.1) is 0 Å². The Morgan fingerprint density at radius 2 is 1.71 bits per heavy atom. The lowest BCUT2D eigenvalue weighted by atomic mass is 10.1. The summed E-state index contributed by atoms with van der Waals surface area (Å²) in [5.41, 5.74) is 8.99. The van der Waals surface area contributed by atoms with E-state index in [2.05, 4.69) is 27.1 Å². The number of rotatable bonds is 5. The fourth-order valence-corrected chi connectivity index (χ4v) is 3.14. The number of anilines is 1. The number of nitrogens with one attached hydrogen (secondary N) is 1. The third-order valence-corrected chi connectivity index (χ3v) is 4.88. The lowest BCUT2D eigenvalue weighted by molar-refractivity contribution is 0.0996. The molecule has 0 aliphatic carbocycles. The average molecular weight is 448 g/mol. The molecule has 0 bridgehead atoms. The molecule has 7 heteroatoms. The van der Waals surface area contributed by atoms with Crippen molar-refractivity contribution < 1.29 is 14.3 Å². The SMILES string of the molecule is COc1cccc(C(=O)Nc2cc(C(N)=O)cc(-c3ccc(C#Cc4cccnc4)cc3)n2)c1. The number of carbonyl (C=O) groups excluding carboxylic acids is 2. The van der Waals surface area contributed by atoms with Crippen molar-refractivity contribution in [2.24, 2.45) is 5.73 Å². The van der Waals surface area contributed by atoms with Gasteiger partial charge < -0.3 is 15.8 Å². The van der Waals surface area contributed by atoms with Crippen molar-refractivity contribution in [2.75, 3.05) is 12.4 Å². The Labute approximate surface area is 196 Å². The van der Waals surface area contributed by atoms with Gasteiger partial charge in [0.2, 0.25) is 5.91 Å². The van der Waals surface area contributed by atoms with E-state index in [1.54, 1.807) is 42.7 Å². The highest BCUT2D eigenvalue weighted by molar-refractivity contribution is 6.05. The maximum Gasteiger partial charge on any atom is 0.256 e. The molecule has 0 fully saturated rings. The minimum absolute atomic E-state index is 0.208. The summed E-state index contributed by atoms with van der Waals surface area (Å²) in [5.74, 6) is 5.88. The van der Waals surface area contributed by atoms with Crippen molar-refractivity contribution in [3.05, 3.63) is 107 Å². The maximum absolute atomic E-state index is 12.7. The second-order valence-corrected chi connectivity index (χ2v) is 7.25. The van der Waals surface area contributed by atoms with Crippen LogP contribution in [0.2, 0.25) is 0 Å². The van der Waals surface area contributed by atoms with Crippen LogP contribution in [0.25, 0.3) is 11.3 Å². The minimum atomic E-state index is -0.625. The summed E-state index contributed by atoms with van der Waals surface area (Å²) in [7, 11) is 1.52. The number of aromatic nitrogens is 2. The van der Waals surface area contributed by atoms with Crippen molar-refractivity contribution >= 4 is 17.6 Å². The van der Waals surface area contributed by atoms with Crippen LogP contribution in [0.15, 0.2) is 85.2 Å². The molecule has 0 aliphatic heterocycles. The van der Waals surface area contributed by atoms with Crippen molar-refractivity contribution in [3.63, 3.8) is 0 Å².